The van der Waals surface area contributed by atoms with E-state index in [2.05, 4.69) is 5.32 Å². The highest BCUT2D eigenvalue weighted by Crippen LogP contribution is 2.10. The van der Waals surface area contributed by atoms with Crippen molar-refractivity contribution in [3.63, 3.8) is 0 Å². The molecule has 0 bridgehead atoms. The molecule has 0 saturated carbocycles. The monoisotopic (exact) mass is 220 g/mol. The van der Waals surface area contributed by atoms with Crippen LogP contribution in [-0.2, 0) is 11.3 Å². The van der Waals surface area contributed by atoms with Crippen LogP contribution in [0.3, 0.4) is 0 Å². The molecule has 0 unspecified atom stereocenters. The molecule has 0 spiro atoms. The number of rotatable bonds is 3. The summed E-state index contributed by atoms with van der Waals surface area (Å²) in [5.41, 5.74) is 0.990. The van der Waals surface area contributed by atoms with Gasteiger partial charge in [0.2, 0.25) is 0 Å². The van der Waals surface area contributed by atoms with Crippen LogP contribution < -0.4 is 5.32 Å². The van der Waals surface area contributed by atoms with Crippen LogP contribution >= 0.6 is 0 Å². The largest absolute Gasteiger partial charge is 0.480 e. The van der Waals surface area contributed by atoms with Crippen LogP contribution in [0.1, 0.15) is 5.56 Å². The number of urea groups is 1. The minimum Gasteiger partial charge on any atom is -0.480 e. The van der Waals surface area contributed by atoms with Gasteiger partial charge in [0.25, 0.3) is 0 Å². The van der Waals surface area contributed by atoms with Gasteiger partial charge >= 0.3 is 12.0 Å². The Hall–Kier alpha value is -2.04. The van der Waals surface area contributed by atoms with E-state index < -0.39 is 12.0 Å². The first kappa shape index (κ1) is 10.5. The minimum atomic E-state index is -0.996. The predicted octanol–water partition coefficient (Wildman–Crippen LogP) is 0.665. The zero-order valence-electron chi connectivity index (χ0n) is 8.59. The molecule has 0 radical (unpaired) electrons. The van der Waals surface area contributed by atoms with Crippen LogP contribution in [0, 0.1) is 0 Å². The molecule has 1 aromatic carbocycles. The number of hydrogen-bond donors (Lipinski definition) is 2. The van der Waals surface area contributed by atoms with Crippen molar-refractivity contribution >= 4 is 12.0 Å². The third kappa shape index (κ3) is 2.13. The normalized spacial score (nSPS) is 19.6. The van der Waals surface area contributed by atoms with Gasteiger partial charge in [0.15, 0.2) is 0 Å². The highest BCUT2D eigenvalue weighted by molar-refractivity contribution is 5.86. The molecular formula is C11H12N2O3. The van der Waals surface area contributed by atoms with Gasteiger partial charge in [-0.05, 0) is 5.56 Å². The Labute approximate surface area is 92.7 Å². The summed E-state index contributed by atoms with van der Waals surface area (Å²) in [4.78, 5) is 23.6. The molecule has 1 atom stereocenters. The van der Waals surface area contributed by atoms with Gasteiger partial charge < -0.3 is 15.3 Å². The van der Waals surface area contributed by atoms with Crippen molar-refractivity contribution in [1.29, 1.82) is 0 Å². The van der Waals surface area contributed by atoms with Crippen LogP contribution in [0.4, 0.5) is 4.79 Å². The van der Waals surface area contributed by atoms with Crippen molar-refractivity contribution in [2.75, 3.05) is 6.54 Å². The molecule has 2 N–H and O–H groups in total. The van der Waals surface area contributed by atoms with E-state index >= 15 is 0 Å². The van der Waals surface area contributed by atoms with E-state index in [4.69, 9.17) is 5.11 Å². The SMILES string of the molecule is O=C(O)[C@@H]1CN(Cc2ccccc2)C(=O)N1. The molecule has 5 nitrogen and oxygen atoms in total. The standard InChI is InChI=1S/C11H12N2O3/c14-10(15)9-7-13(11(16)12-9)6-8-4-2-1-3-5-8/h1-5,9H,6-7H2,(H,12,16)(H,14,15)/t9-/m0/s1. The van der Waals surface area contributed by atoms with E-state index in [0.29, 0.717) is 6.54 Å². The number of nitrogens with zero attached hydrogens (tertiary/aromatic N) is 1. The smallest absolute Gasteiger partial charge is 0.328 e. The van der Waals surface area contributed by atoms with E-state index in [9.17, 15) is 9.59 Å². The fraction of sp³-hybridized carbons (Fsp3) is 0.273. The first-order chi connectivity index (χ1) is 7.66. The number of nitrogens with one attached hydrogen (secondary N) is 1. The summed E-state index contributed by atoms with van der Waals surface area (Å²) >= 11 is 0. The molecule has 1 fully saturated rings. The van der Waals surface area contributed by atoms with Gasteiger partial charge in [-0.2, -0.15) is 0 Å². The van der Waals surface area contributed by atoms with Crippen LogP contribution in [0.25, 0.3) is 0 Å². The lowest BCUT2D eigenvalue weighted by Crippen LogP contribution is -2.33. The summed E-state index contributed by atoms with van der Waals surface area (Å²) in [5.74, 6) is -0.996. The summed E-state index contributed by atoms with van der Waals surface area (Å²) in [5, 5.41) is 11.2. The Morgan fingerprint density at radius 1 is 1.44 bits per heavy atom. The molecule has 16 heavy (non-hydrogen) atoms. The van der Waals surface area contributed by atoms with E-state index in [1.165, 1.54) is 4.90 Å². The Morgan fingerprint density at radius 2 is 2.12 bits per heavy atom. The number of carbonyl (C=O) groups excluding carboxylic acids is 1. The maximum absolute atomic E-state index is 11.4. The fourth-order valence-corrected chi connectivity index (χ4v) is 1.67. The summed E-state index contributed by atoms with van der Waals surface area (Å²) in [6.07, 6.45) is 0. The molecule has 1 aliphatic heterocycles. The molecule has 0 aromatic heterocycles. The lowest BCUT2D eigenvalue weighted by atomic mass is 10.2. The molecule has 0 aliphatic carbocycles. The lowest BCUT2D eigenvalue weighted by Gasteiger charge is -2.13. The summed E-state index contributed by atoms with van der Waals surface area (Å²) < 4.78 is 0. The van der Waals surface area contributed by atoms with Gasteiger partial charge in [-0.15, -0.1) is 0 Å². The molecule has 1 aromatic rings. The second-order valence-electron chi connectivity index (χ2n) is 3.71. The second-order valence-corrected chi connectivity index (χ2v) is 3.71. The predicted molar refractivity (Wildman–Crippen MR) is 56.8 cm³/mol. The zero-order chi connectivity index (χ0) is 11.5. The van der Waals surface area contributed by atoms with Crippen molar-refractivity contribution in [2.24, 2.45) is 0 Å². The summed E-state index contributed by atoms with van der Waals surface area (Å²) in [7, 11) is 0. The van der Waals surface area contributed by atoms with Crippen LogP contribution in [0.15, 0.2) is 30.3 Å². The highest BCUT2D eigenvalue weighted by atomic mass is 16.4. The lowest BCUT2D eigenvalue weighted by molar-refractivity contribution is -0.138. The van der Waals surface area contributed by atoms with Crippen molar-refractivity contribution in [3.05, 3.63) is 35.9 Å². The second kappa shape index (κ2) is 4.22. The number of amides is 2. The maximum Gasteiger partial charge on any atom is 0.328 e. The van der Waals surface area contributed by atoms with Crippen LogP contribution in [0.5, 0.6) is 0 Å². The molecule has 2 rings (SSSR count). The fourth-order valence-electron chi connectivity index (χ4n) is 1.67. The average molecular weight is 220 g/mol. The molecular weight excluding hydrogens is 208 g/mol. The molecule has 1 heterocycles. The van der Waals surface area contributed by atoms with Crippen molar-refractivity contribution < 1.29 is 14.7 Å². The summed E-state index contributed by atoms with van der Waals surface area (Å²) in [6, 6.07) is 8.36. The highest BCUT2D eigenvalue weighted by Gasteiger charge is 2.33. The quantitative estimate of drug-likeness (QED) is 0.786. The molecule has 1 aliphatic rings. The van der Waals surface area contributed by atoms with Gasteiger partial charge in [0.1, 0.15) is 6.04 Å². The van der Waals surface area contributed by atoms with E-state index in [1.54, 1.807) is 0 Å². The number of aliphatic carboxylic acids is 1. The third-order valence-electron chi connectivity index (χ3n) is 2.50. The first-order valence-corrected chi connectivity index (χ1v) is 4.99. The van der Waals surface area contributed by atoms with Gasteiger partial charge in [-0.3, -0.25) is 0 Å². The van der Waals surface area contributed by atoms with E-state index in [0.717, 1.165) is 5.56 Å². The Bertz CT molecular complexity index is 405. The number of benzene rings is 1. The van der Waals surface area contributed by atoms with Crippen LogP contribution in [0.2, 0.25) is 0 Å². The molecule has 1 saturated heterocycles. The van der Waals surface area contributed by atoms with Gasteiger partial charge in [-0.1, -0.05) is 30.3 Å². The number of hydrogen-bond acceptors (Lipinski definition) is 2. The Morgan fingerprint density at radius 3 is 2.69 bits per heavy atom. The Balaban J connectivity index is 2.02. The average Bonchev–Trinajstić information content (AvgIpc) is 2.62. The molecule has 2 amide bonds. The number of carbonyl (C=O) groups is 2. The zero-order valence-corrected chi connectivity index (χ0v) is 8.59. The van der Waals surface area contributed by atoms with Crippen molar-refractivity contribution in [2.45, 2.75) is 12.6 Å². The molecule has 5 heteroatoms. The topological polar surface area (TPSA) is 69.6 Å². The van der Waals surface area contributed by atoms with E-state index in [-0.39, 0.29) is 12.6 Å². The molecule has 84 valence electrons. The number of carboxylic acids is 1. The van der Waals surface area contributed by atoms with Gasteiger partial charge in [0, 0.05) is 6.54 Å². The number of carboxylic acid groups (broad SMARTS) is 1. The van der Waals surface area contributed by atoms with E-state index in [1.807, 2.05) is 30.3 Å². The van der Waals surface area contributed by atoms with Crippen molar-refractivity contribution in [3.8, 4) is 0 Å². The van der Waals surface area contributed by atoms with Gasteiger partial charge in [-0.25, -0.2) is 9.59 Å². The Kier molecular flexibility index (Phi) is 2.76. The van der Waals surface area contributed by atoms with Gasteiger partial charge in [0.05, 0.1) is 6.54 Å². The summed E-state index contributed by atoms with van der Waals surface area (Å²) in [6.45, 7) is 0.652. The third-order valence-corrected chi connectivity index (χ3v) is 2.50. The van der Waals surface area contributed by atoms with Crippen molar-refractivity contribution in [1.82, 2.24) is 10.2 Å². The van der Waals surface area contributed by atoms with Crippen LogP contribution in [-0.4, -0.2) is 34.6 Å². The minimum absolute atomic E-state index is 0.211. The maximum atomic E-state index is 11.4. The first-order valence-electron chi connectivity index (χ1n) is 4.99.